The van der Waals surface area contributed by atoms with E-state index in [9.17, 15) is 4.79 Å². The number of ketones is 1. The number of rotatable bonds is 0. The average molecular weight is 133 g/mol. The molecule has 10 heavy (non-hydrogen) atoms. The van der Waals surface area contributed by atoms with Crippen LogP contribution in [0.25, 0.3) is 0 Å². The average Bonchev–Trinajstić information content (AvgIpc) is 2.34. The summed E-state index contributed by atoms with van der Waals surface area (Å²) in [5.74, 6) is 0.0966. The molecular formula is C8H7NO. The topological polar surface area (TPSA) is 29.1 Å². The monoisotopic (exact) mass is 133 g/mol. The number of dihydropyridines is 1. The Morgan fingerprint density at radius 1 is 1.30 bits per heavy atom. The highest BCUT2D eigenvalue weighted by molar-refractivity contribution is 6.08. The highest BCUT2D eigenvalue weighted by Crippen LogP contribution is 2.16. The maximum absolute atomic E-state index is 11.0. The highest BCUT2D eigenvalue weighted by Gasteiger charge is 2.16. The molecule has 1 heterocycles. The van der Waals surface area contributed by atoms with Crippen molar-refractivity contribution in [2.75, 3.05) is 6.54 Å². The van der Waals surface area contributed by atoms with Crippen molar-refractivity contribution in [1.29, 1.82) is 0 Å². The van der Waals surface area contributed by atoms with Gasteiger partial charge in [0.2, 0.25) is 5.78 Å². The van der Waals surface area contributed by atoms with Crippen LogP contribution in [0.5, 0.6) is 0 Å². The fourth-order valence-electron chi connectivity index (χ4n) is 1.15. The van der Waals surface area contributed by atoms with Crippen LogP contribution >= 0.6 is 0 Å². The van der Waals surface area contributed by atoms with Gasteiger partial charge in [-0.15, -0.1) is 0 Å². The summed E-state index contributed by atoms with van der Waals surface area (Å²) in [5, 5.41) is 3.01. The number of hydrogen-bond acceptors (Lipinski definition) is 2. The molecule has 2 heteroatoms. The lowest BCUT2D eigenvalue weighted by atomic mass is 10.2. The Bertz CT molecular complexity index is 271. The van der Waals surface area contributed by atoms with Gasteiger partial charge in [0.15, 0.2) is 0 Å². The Hall–Kier alpha value is -1.31. The largest absolute Gasteiger partial charge is 0.378 e. The van der Waals surface area contributed by atoms with Gasteiger partial charge in [-0.05, 0) is 12.2 Å². The third-order valence-corrected chi connectivity index (χ3v) is 1.64. The number of hydrogen-bond donors (Lipinski definition) is 1. The summed E-state index contributed by atoms with van der Waals surface area (Å²) in [5.41, 5.74) is 1.76. The molecule has 0 saturated carbocycles. The van der Waals surface area contributed by atoms with E-state index in [0.717, 1.165) is 17.8 Å². The van der Waals surface area contributed by atoms with Crippen LogP contribution < -0.4 is 5.32 Å². The van der Waals surface area contributed by atoms with Crippen LogP contribution in [0.15, 0.2) is 35.6 Å². The summed E-state index contributed by atoms with van der Waals surface area (Å²) in [6.07, 6.45) is 7.39. The van der Waals surface area contributed by atoms with E-state index in [1.54, 1.807) is 6.08 Å². The molecule has 50 valence electrons. The first-order chi connectivity index (χ1) is 4.88. The first-order valence-corrected chi connectivity index (χ1v) is 3.25. The van der Waals surface area contributed by atoms with E-state index in [1.165, 1.54) is 0 Å². The number of carbonyl (C=O) groups excluding carboxylic acids is 1. The minimum absolute atomic E-state index is 0.0966. The Kier molecular flexibility index (Phi) is 1.01. The van der Waals surface area contributed by atoms with E-state index in [0.29, 0.717) is 0 Å². The lowest BCUT2D eigenvalue weighted by Gasteiger charge is -2.08. The van der Waals surface area contributed by atoms with E-state index in [4.69, 9.17) is 0 Å². The second kappa shape index (κ2) is 1.84. The molecule has 1 aliphatic heterocycles. The number of nitrogens with one attached hydrogen (secondary N) is 1. The Balaban J connectivity index is 2.46. The van der Waals surface area contributed by atoms with Gasteiger partial charge in [0.05, 0.1) is 5.70 Å². The first kappa shape index (κ1) is 5.47. The van der Waals surface area contributed by atoms with Crippen molar-refractivity contribution in [1.82, 2.24) is 5.32 Å². The summed E-state index contributed by atoms with van der Waals surface area (Å²) in [7, 11) is 0. The summed E-state index contributed by atoms with van der Waals surface area (Å²) < 4.78 is 0. The van der Waals surface area contributed by atoms with Crippen LogP contribution in [-0.4, -0.2) is 12.3 Å². The lowest BCUT2D eigenvalue weighted by molar-refractivity contribution is -0.111. The molecule has 0 atom stereocenters. The van der Waals surface area contributed by atoms with Crippen LogP contribution in [0.2, 0.25) is 0 Å². The predicted octanol–water partition coefficient (Wildman–Crippen LogP) is 0.539. The van der Waals surface area contributed by atoms with Gasteiger partial charge in [-0.2, -0.15) is 0 Å². The zero-order valence-electron chi connectivity index (χ0n) is 5.42. The van der Waals surface area contributed by atoms with Gasteiger partial charge in [0, 0.05) is 12.1 Å². The summed E-state index contributed by atoms with van der Waals surface area (Å²) >= 11 is 0. The lowest BCUT2D eigenvalue weighted by Crippen LogP contribution is -2.20. The van der Waals surface area contributed by atoms with Gasteiger partial charge < -0.3 is 5.32 Å². The molecule has 0 bridgehead atoms. The van der Waals surface area contributed by atoms with Crippen molar-refractivity contribution in [3.63, 3.8) is 0 Å². The van der Waals surface area contributed by atoms with E-state index >= 15 is 0 Å². The molecule has 0 aromatic rings. The van der Waals surface area contributed by atoms with Crippen LogP contribution in [0.4, 0.5) is 0 Å². The van der Waals surface area contributed by atoms with Gasteiger partial charge >= 0.3 is 0 Å². The van der Waals surface area contributed by atoms with Gasteiger partial charge in [-0.3, -0.25) is 4.79 Å². The molecule has 2 aliphatic rings. The first-order valence-electron chi connectivity index (χ1n) is 3.25. The fraction of sp³-hybridized carbons (Fsp3) is 0.125. The third kappa shape index (κ3) is 0.620. The van der Waals surface area contributed by atoms with Crippen molar-refractivity contribution < 1.29 is 4.79 Å². The van der Waals surface area contributed by atoms with E-state index in [2.05, 4.69) is 5.32 Å². The molecule has 0 aromatic heterocycles. The molecule has 0 spiro atoms. The Morgan fingerprint density at radius 3 is 3.00 bits per heavy atom. The summed E-state index contributed by atoms with van der Waals surface area (Å²) in [6.45, 7) is 0.770. The van der Waals surface area contributed by atoms with Crippen molar-refractivity contribution >= 4 is 5.78 Å². The van der Waals surface area contributed by atoms with Gasteiger partial charge in [-0.25, -0.2) is 0 Å². The van der Waals surface area contributed by atoms with Crippen LogP contribution in [-0.2, 0) is 4.79 Å². The molecule has 2 nitrogen and oxygen atoms in total. The molecule has 0 aromatic carbocycles. The van der Waals surface area contributed by atoms with E-state index in [-0.39, 0.29) is 5.78 Å². The standard InChI is InChI=1S/C8H7NO/c10-7-4-3-6-2-1-5-9-8(6)7/h1-4,9H,5H2. The SMILES string of the molecule is O=C1C=CC2=C1NCC=C2. The smallest absolute Gasteiger partial charge is 0.202 e. The van der Waals surface area contributed by atoms with Crippen molar-refractivity contribution in [3.8, 4) is 0 Å². The minimum Gasteiger partial charge on any atom is -0.378 e. The zero-order valence-corrected chi connectivity index (χ0v) is 5.42. The van der Waals surface area contributed by atoms with Gasteiger partial charge in [-0.1, -0.05) is 12.2 Å². The highest BCUT2D eigenvalue weighted by atomic mass is 16.1. The molecule has 1 aliphatic carbocycles. The maximum atomic E-state index is 11.0. The third-order valence-electron chi connectivity index (χ3n) is 1.64. The quantitative estimate of drug-likeness (QED) is 0.522. The molecular weight excluding hydrogens is 126 g/mol. The molecule has 2 rings (SSSR count). The zero-order chi connectivity index (χ0) is 6.97. The summed E-state index contributed by atoms with van der Waals surface area (Å²) in [4.78, 5) is 11.0. The van der Waals surface area contributed by atoms with Crippen LogP contribution in [0, 0.1) is 0 Å². The van der Waals surface area contributed by atoms with E-state index < -0.39 is 0 Å². The van der Waals surface area contributed by atoms with Crippen LogP contribution in [0.1, 0.15) is 0 Å². The normalized spacial score (nSPS) is 21.4. The van der Waals surface area contributed by atoms with Gasteiger partial charge in [0.25, 0.3) is 0 Å². The predicted molar refractivity (Wildman–Crippen MR) is 38.3 cm³/mol. The second-order valence-electron chi connectivity index (χ2n) is 2.31. The van der Waals surface area contributed by atoms with Crippen LogP contribution in [0.3, 0.4) is 0 Å². The molecule has 1 N–H and O–H groups in total. The number of carbonyl (C=O) groups is 1. The van der Waals surface area contributed by atoms with Crippen molar-refractivity contribution in [3.05, 3.63) is 35.6 Å². The Labute approximate surface area is 58.9 Å². The van der Waals surface area contributed by atoms with Crippen molar-refractivity contribution in [2.24, 2.45) is 0 Å². The molecule has 0 saturated heterocycles. The minimum atomic E-state index is 0.0966. The fourth-order valence-corrected chi connectivity index (χ4v) is 1.15. The molecule has 0 amide bonds. The molecule has 0 unspecified atom stereocenters. The van der Waals surface area contributed by atoms with E-state index in [1.807, 2.05) is 18.2 Å². The molecule has 0 radical (unpaired) electrons. The van der Waals surface area contributed by atoms with Crippen molar-refractivity contribution in [2.45, 2.75) is 0 Å². The second-order valence-corrected chi connectivity index (χ2v) is 2.31. The number of allylic oxidation sites excluding steroid dienone is 4. The summed E-state index contributed by atoms with van der Waals surface area (Å²) in [6, 6.07) is 0. The maximum Gasteiger partial charge on any atom is 0.202 e. The Morgan fingerprint density at radius 2 is 2.20 bits per heavy atom. The molecule has 0 fully saturated rings. The van der Waals surface area contributed by atoms with Gasteiger partial charge in [0.1, 0.15) is 0 Å².